The van der Waals surface area contributed by atoms with E-state index in [0.29, 0.717) is 22.6 Å². The fraction of sp³-hybridized carbons (Fsp3) is 0.444. The number of hydrogen-bond donors (Lipinski definition) is 0. The molecule has 0 spiro atoms. The van der Waals surface area contributed by atoms with Gasteiger partial charge in [0.25, 0.3) is 0 Å². The minimum atomic E-state index is -3.91. The van der Waals surface area contributed by atoms with Crippen molar-refractivity contribution in [3.05, 3.63) is 59.3 Å². The molecule has 4 nitrogen and oxygen atoms in total. The summed E-state index contributed by atoms with van der Waals surface area (Å²) in [5.41, 5.74) is 0. The highest BCUT2D eigenvalue weighted by Gasteiger charge is 2.37. The average molecular weight is 765 g/mol. The van der Waals surface area contributed by atoms with E-state index in [1.807, 2.05) is 47.2 Å². The molecule has 0 saturated heterocycles. The molecule has 0 radical (unpaired) electrons. The van der Waals surface area contributed by atoms with Gasteiger partial charge in [-0.25, -0.2) is 16.8 Å². The quantitative estimate of drug-likeness (QED) is 0.0740. The summed E-state index contributed by atoms with van der Waals surface area (Å²) in [6.45, 7) is 4.33. The monoisotopic (exact) mass is 764 g/mol. The highest BCUT2D eigenvalue weighted by molar-refractivity contribution is 7.95. The van der Waals surface area contributed by atoms with Gasteiger partial charge in [0.15, 0.2) is 19.7 Å². The molecule has 0 aliphatic heterocycles. The summed E-state index contributed by atoms with van der Waals surface area (Å²) in [6.07, 6.45) is 11.4. The van der Waals surface area contributed by atoms with Crippen LogP contribution in [0.2, 0.25) is 0 Å². The van der Waals surface area contributed by atoms with E-state index in [9.17, 15) is 16.8 Å². The molecule has 0 unspecified atom stereocenters. The Bertz CT molecular complexity index is 1750. The summed E-state index contributed by atoms with van der Waals surface area (Å²) < 4.78 is 57.8. The summed E-state index contributed by atoms with van der Waals surface area (Å²) in [5.74, 6) is -0.0915. The lowest BCUT2D eigenvalue weighted by Gasteiger charge is -2.11. The molecule has 0 aliphatic rings. The minimum absolute atomic E-state index is 0.0303. The van der Waals surface area contributed by atoms with Crippen molar-refractivity contribution in [3.63, 3.8) is 0 Å². The molecular weight excluding hydrogens is 721 g/mol. The Morgan fingerprint density at radius 1 is 0.447 bits per heavy atom. The number of sulfone groups is 2. The van der Waals surface area contributed by atoms with E-state index in [2.05, 4.69) is 26.0 Å². The van der Waals surface area contributed by atoms with Crippen LogP contribution in [0.25, 0.3) is 39.0 Å². The van der Waals surface area contributed by atoms with E-state index in [0.717, 1.165) is 93.5 Å². The molecule has 0 atom stereocenters. The first-order chi connectivity index (χ1) is 22.7. The van der Waals surface area contributed by atoms with Crippen LogP contribution < -0.4 is 0 Å². The molecule has 47 heavy (non-hydrogen) atoms. The van der Waals surface area contributed by atoms with Gasteiger partial charge in [-0.1, -0.05) is 90.2 Å². The minimum Gasteiger partial charge on any atom is -0.224 e. The fourth-order valence-corrected chi connectivity index (χ4v) is 15.8. The number of rotatable bonds is 20. The molecule has 5 aromatic heterocycles. The maximum Gasteiger partial charge on any atom is 0.181 e. The Morgan fingerprint density at radius 2 is 0.830 bits per heavy atom. The number of thiophene rings is 5. The van der Waals surface area contributed by atoms with Crippen molar-refractivity contribution < 1.29 is 16.8 Å². The van der Waals surface area contributed by atoms with E-state index in [1.54, 1.807) is 22.7 Å². The van der Waals surface area contributed by atoms with Crippen molar-refractivity contribution in [2.45, 2.75) is 101 Å². The van der Waals surface area contributed by atoms with Crippen LogP contribution in [0, 0.1) is 0 Å². The highest BCUT2D eigenvalue weighted by Crippen LogP contribution is 2.52. The zero-order valence-corrected chi connectivity index (χ0v) is 32.9. The molecule has 0 aliphatic carbocycles. The second-order valence-corrected chi connectivity index (χ2v) is 21.0. The lowest BCUT2D eigenvalue weighted by atomic mass is 10.1. The third-order valence-corrected chi connectivity index (χ3v) is 18.1. The van der Waals surface area contributed by atoms with Crippen molar-refractivity contribution in [2.24, 2.45) is 0 Å². The lowest BCUT2D eigenvalue weighted by molar-refractivity contribution is 0.573. The van der Waals surface area contributed by atoms with Crippen LogP contribution in [-0.4, -0.2) is 28.3 Å². The molecule has 5 heterocycles. The van der Waals surface area contributed by atoms with Crippen LogP contribution in [0.1, 0.15) is 90.9 Å². The molecule has 0 N–H and O–H groups in total. The SMILES string of the molecule is CCCCCCCCS(=O)(=O)c1c(-c2ccc(-c3cccs3)s2)sc(-c2ccc(-c3cccs3)s2)c1S(=O)(=O)CCCCCCCC. The van der Waals surface area contributed by atoms with Crippen molar-refractivity contribution in [1.82, 2.24) is 0 Å². The Morgan fingerprint density at radius 3 is 1.21 bits per heavy atom. The first-order valence-corrected chi connectivity index (χ1v) is 24.2. The van der Waals surface area contributed by atoms with Gasteiger partial charge in [0.05, 0.1) is 21.3 Å². The van der Waals surface area contributed by atoms with Gasteiger partial charge in [0, 0.05) is 29.3 Å². The highest BCUT2D eigenvalue weighted by atomic mass is 32.2. The first-order valence-electron chi connectivity index (χ1n) is 16.7. The Balaban J connectivity index is 1.61. The molecule has 254 valence electrons. The van der Waals surface area contributed by atoms with Crippen molar-refractivity contribution in [2.75, 3.05) is 11.5 Å². The molecule has 0 bridgehead atoms. The standard InChI is InChI=1S/C36H44O4S7/c1-3-5-7-9-11-13-25-46(37,38)35-33(31-21-19-29(43-31)27-17-15-23-41-27)45-34(32-22-20-30(44-32)28-18-16-24-42-28)36(35)47(39,40)26-14-12-10-8-6-4-2/h15-24H,3-14,25-26H2,1-2H3. The summed E-state index contributed by atoms with van der Waals surface area (Å²) in [4.78, 5) is 7.12. The molecule has 0 aromatic carbocycles. The summed E-state index contributed by atoms with van der Waals surface area (Å²) >= 11 is 7.70. The van der Waals surface area contributed by atoms with E-state index in [-0.39, 0.29) is 21.3 Å². The number of unbranched alkanes of at least 4 members (excludes halogenated alkanes) is 10. The zero-order valence-electron chi connectivity index (χ0n) is 27.2. The summed E-state index contributed by atoms with van der Waals surface area (Å²) in [6, 6.07) is 16.1. The van der Waals surface area contributed by atoms with Crippen LogP contribution in [0.15, 0.2) is 69.1 Å². The zero-order chi connectivity index (χ0) is 33.3. The normalized spacial score (nSPS) is 12.3. The maximum atomic E-state index is 14.5. The molecule has 5 rings (SSSR count). The van der Waals surface area contributed by atoms with Crippen molar-refractivity contribution in [1.29, 1.82) is 0 Å². The van der Waals surface area contributed by atoms with Gasteiger partial charge in [-0.2, -0.15) is 0 Å². The van der Waals surface area contributed by atoms with Gasteiger partial charge in [0.2, 0.25) is 0 Å². The van der Waals surface area contributed by atoms with E-state index in [4.69, 9.17) is 0 Å². The Kier molecular flexibility index (Phi) is 13.5. The topological polar surface area (TPSA) is 68.3 Å². The van der Waals surface area contributed by atoms with E-state index >= 15 is 0 Å². The van der Waals surface area contributed by atoms with Crippen LogP contribution in [0.4, 0.5) is 0 Å². The predicted octanol–water partition coefficient (Wildman–Crippen LogP) is 12.9. The van der Waals surface area contributed by atoms with Crippen molar-refractivity contribution in [3.8, 4) is 39.0 Å². The molecule has 5 aromatic rings. The summed E-state index contributed by atoms with van der Waals surface area (Å²) in [7, 11) is -7.82. The van der Waals surface area contributed by atoms with Gasteiger partial charge in [-0.05, 0) is 60.0 Å². The molecular formula is C36H44O4S7. The molecule has 0 fully saturated rings. The Labute approximate surface area is 301 Å². The lowest BCUT2D eigenvalue weighted by Crippen LogP contribution is -2.15. The van der Waals surface area contributed by atoms with Crippen LogP contribution in [0.3, 0.4) is 0 Å². The molecule has 0 amide bonds. The maximum absolute atomic E-state index is 14.5. The summed E-state index contributed by atoms with van der Waals surface area (Å²) in [5, 5.41) is 4.06. The van der Waals surface area contributed by atoms with Gasteiger partial charge >= 0.3 is 0 Å². The largest absolute Gasteiger partial charge is 0.224 e. The fourth-order valence-electron chi connectivity index (χ4n) is 5.66. The second kappa shape index (κ2) is 17.4. The third-order valence-electron chi connectivity index (χ3n) is 8.17. The van der Waals surface area contributed by atoms with Gasteiger partial charge in [-0.3, -0.25) is 0 Å². The van der Waals surface area contributed by atoms with Crippen LogP contribution in [-0.2, 0) is 19.7 Å². The van der Waals surface area contributed by atoms with Gasteiger partial charge in [-0.15, -0.1) is 56.7 Å². The smallest absolute Gasteiger partial charge is 0.181 e. The third kappa shape index (κ3) is 9.35. The Hall–Kier alpha value is -1.60. The first kappa shape index (κ1) is 36.7. The van der Waals surface area contributed by atoms with Crippen LogP contribution >= 0.6 is 56.7 Å². The second-order valence-electron chi connectivity index (χ2n) is 11.9. The molecule has 0 saturated carbocycles. The average Bonchev–Trinajstić information content (AvgIpc) is 3.89. The van der Waals surface area contributed by atoms with Gasteiger partial charge in [0.1, 0.15) is 9.79 Å². The van der Waals surface area contributed by atoms with Gasteiger partial charge < -0.3 is 0 Å². The number of hydrogen-bond acceptors (Lipinski definition) is 9. The van der Waals surface area contributed by atoms with E-state index < -0.39 is 19.7 Å². The van der Waals surface area contributed by atoms with Crippen LogP contribution in [0.5, 0.6) is 0 Å². The van der Waals surface area contributed by atoms with Crippen molar-refractivity contribution >= 4 is 76.4 Å². The molecule has 11 heteroatoms. The van der Waals surface area contributed by atoms with E-state index in [1.165, 1.54) is 34.0 Å². The predicted molar refractivity (Wildman–Crippen MR) is 208 cm³/mol.